The summed E-state index contributed by atoms with van der Waals surface area (Å²) in [4.78, 5) is 10.4. The largest absolute Gasteiger partial charge is 0.478 e. The Hall–Kier alpha value is -1.23. The zero-order chi connectivity index (χ0) is 12.8. The minimum Gasteiger partial charge on any atom is -0.478 e. The first kappa shape index (κ1) is 13.8. The van der Waals surface area contributed by atoms with Gasteiger partial charge >= 0.3 is 5.97 Å². The minimum atomic E-state index is -1.07. The van der Waals surface area contributed by atoms with E-state index >= 15 is 0 Å². The summed E-state index contributed by atoms with van der Waals surface area (Å²) in [5.41, 5.74) is 0.658. The van der Waals surface area contributed by atoms with E-state index in [2.05, 4.69) is 11.9 Å². The molecule has 0 atom stereocenters. The Balaban J connectivity index is 2.36. The molecule has 0 amide bonds. The predicted octanol–water partition coefficient (Wildman–Crippen LogP) is 3.02. The second kappa shape index (κ2) is 6.49. The van der Waals surface area contributed by atoms with Gasteiger partial charge in [-0.05, 0) is 18.2 Å². The van der Waals surface area contributed by atoms with Crippen LogP contribution in [0.25, 0.3) is 0 Å². The zero-order valence-corrected chi connectivity index (χ0v) is 10.4. The molecule has 0 aliphatic rings. The van der Waals surface area contributed by atoms with Gasteiger partial charge in [0, 0.05) is 5.02 Å². The van der Waals surface area contributed by atoms with E-state index < -0.39 is 5.97 Å². The van der Waals surface area contributed by atoms with Crippen molar-refractivity contribution in [3.63, 3.8) is 0 Å². The molecule has 0 aliphatic carbocycles. The van der Waals surface area contributed by atoms with Gasteiger partial charge in [0.2, 0.25) is 0 Å². The normalized spacial score (nSPS) is 10.0. The lowest BCUT2D eigenvalue weighted by atomic mass is 10.3. The molecule has 0 spiro atoms. The maximum absolute atomic E-state index is 10.4. The molecule has 0 aliphatic heterocycles. The smallest absolute Gasteiger partial charge is 0.333 e. The molecule has 0 bridgehead atoms. The van der Waals surface area contributed by atoms with E-state index in [4.69, 9.17) is 33.0 Å². The Morgan fingerprint density at radius 2 is 2.18 bits per heavy atom. The van der Waals surface area contributed by atoms with E-state index in [-0.39, 0.29) is 18.9 Å². The van der Waals surface area contributed by atoms with Crippen molar-refractivity contribution in [1.82, 2.24) is 0 Å². The summed E-state index contributed by atoms with van der Waals surface area (Å²) in [6.07, 6.45) is 0. The van der Waals surface area contributed by atoms with Gasteiger partial charge in [-0.25, -0.2) is 4.79 Å². The molecule has 1 aromatic carbocycles. The van der Waals surface area contributed by atoms with E-state index in [1.807, 2.05) is 0 Å². The highest BCUT2D eigenvalue weighted by molar-refractivity contribution is 6.36. The second-order valence-corrected chi connectivity index (χ2v) is 4.05. The fraction of sp³-hybridized carbons (Fsp3) is 0.182. The van der Waals surface area contributed by atoms with Crippen molar-refractivity contribution in [2.24, 2.45) is 0 Å². The summed E-state index contributed by atoms with van der Waals surface area (Å²) < 4.78 is 5.06. The monoisotopic (exact) mass is 275 g/mol. The molecule has 0 saturated heterocycles. The first-order valence-corrected chi connectivity index (χ1v) is 5.44. The number of aliphatic carboxylic acids is 1. The lowest BCUT2D eigenvalue weighted by Gasteiger charge is -2.09. The van der Waals surface area contributed by atoms with Gasteiger partial charge in [-0.3, -0.25) is 0 Å². The molecule has 0 radical (unpaired) electrons. The van der Waals surface area contributed by atoms with Crippen LogP contribution in [0, 0.1) is 0 Å². The van der Waals surface area contributed by atoms with Crippen LogP contribution in [0.2, 0.25) is 10.0 Å². The van der Waals surface area contributed by atoms with E-state index in [1.54, 1.807) is 18.2 Å². The van der Waals surface area contributed by atoms with Gasteiger partial charge in [-0.2, -0.15) is 0 Å². The number of hydrogen-bond acceptors (Lipinski definition) is 3. The number of carbonyl (C=O) groups is 1. The molecule has 1 rings (SSSR count). The third-order valence-corrected chi connectivity index (χ3v) is 2.42. The SMILES string of the molecule is C=C(COCNc1ccc(Cl)cc1Cl)C(=O)O. The summed E-state index contributed by atoms with van der Waals surface area (Å²) in [5.74, 6) is -1.07. The highest BCUT2D eigenvalue weighted by atomic mass is 35.5. The van der Waals surface area contributed by atoms with Gasteiger partial charge in [0.1, 0.15) is 6.73 Å². The van der Waals surface area contributed by atoms with E-state index in [0.29, 0.717) is 15.7 Å². The van der Waals surface area contributed by atoms with Crippen LogP contribution in [0.4, 0.5) is 5.69 Å². The van der Waals surface area contributed by atoms with Crippen molar-refractivity contribution in [3.05, 3.63) is 40.4 Å². The maximum atomic E-state index is 10.4. The van der Waals surface area contributed by atoms with Crippen LogP contribution in [0.15, 0.2) is 30.4 Å². The van der Waals surface area contributed by atoms with E-state index in [9.17, 15) is 4.79 Å². The fourth-order valence-corrected chi connectivity index (χ4v) is 1.47. The molecule has 0 aromatic heterocycles. The van der Waals surface area contributed by atoms with Gasteiger partial charge in [-0.15, -0.1) is 0 Å². The molecule has 4 nitrogen and oxygen atoms in total. The van der Waals surface area contributed by atoms with Gasteiger partial charge < -0.3 is 15.2 Å². The number of hydrogen-bond donors (Lipinski definition) is 2. The zero-order valence-electron chi connectivity index (χ0n) is 8.87. The Labute approximate surface area is 109 Å². The standard InChI is InChI=1S/C11H11Cl2NO3/c1-7(11(15)16)5-17-6-14-10-3-2-8(12)4-9(10)13/h2-4,14H,1,5-6H2,(H,15,16). The van der Waals surface area contributed by atoms with Crippen molar-refractivity contribution >= 4 is 34.9 Å². The highest BCUT2D eigenvalue weighted by Crippen LogP contribution is 2.24. The average molecular weight is 276 g/mol. The van der Waals surface area contributed by atoms with Gasteiger partial charge in [0.15, 0.2) is 0 Å². The van der Waals surface area contributed by atoms with Crippen LogP contribution in [-0.4, -0.2) is 24.4 Å². The minimum absolute atomic E-state index is 0.00555. The Kier molecular flexibility index (Phi) is 5.28. The number of carboxylic acid groups (broad SMARTS) is 1. The Morgan fingerprint density at radius 1 is 1.47 bits per heavy atom. The maximum Gasteiger partial charge on any atom is 0.333 e. The number of carboxylic acids is 1. The van der Waals surface area contributed by atoms with Crippen LogP contribution in [0.5, 0.6) is 0 Å². The summed E-state index contributed by atoms with van der Waals surface area (Å²) in [6, 6.07) is 4.99. The molecule has 0 heterocycles. The van der Waals surface area contributed by atoms with E-state index in [0.717, 1.165) is 0 Å². The third kappa shape index (κ3) is 4.65. The molecular formula is C11H11Cl2NO3. The van der Waals surface area contributed by atoms with Crippen LogP contribution in [-0.2, 0) is 9.53 Å². The molecule has 17 heavy (non-hydrogen) atoms. The molecule has 92 valence electrons. The van der Waals surface area contributed by atoms with Crippen molar-refractivity contribution in [2.45, 2.75) is 0 Å². The van der Waals surface area contributed by atoms with Crippen LogP contribution >= 0.6 is 23.2 Å². The first-order chi connectivity index (χ1) is 8.00. The number of ether oxygens (including phenoxy) is 1. The highest BCUT2D eigenvalue weighted by Gasteiger charge is 2.04. The van der Waals surface area contributed by atoms with Crippen molar-refractivity contribution < 1.29 is 14.6 Å². The molecule has 0 fully saturated rings. The average Bonchev–Trinajstić information content (AvgIpc) is 2.26. The van der Waals surface area contributed by atoms with Crippen molar-refractivity contribution in [3.8, 4) is 0 Å². The molecular weight excluding hydrogens is 265 g/mol. The molecule has 0 unspecified atom stereocenters. The third-order valence-electron chi connectivity index (χ3n) is 1.87. The number of nitrogens with one attached hydrogen (secondary N) is 1. The van der Waals surface area contributed by atoms with Crippen LogP contribution in [0.3, 0.4) is 0 Å². The molecule has 1 aromatic rings. The van der Waals surface area contributed by atoms with Crippen molar-refractivity contribution in [2.75, 3.05) is 18.7 Å². The number of anilines is 1. The molecule has 2 N–H and O–H groups in total. The second-order valence-electron chi connectivity index (χ2n) is 3.20. The van der Waals surface area contributed by atoms with Crippen LogP contribution in [0.1, 0.15) is 0 Å². The summed E-state index contributed by atoms with van der Waals surface area (Å²) in [6.45, 7) is 3.42. The lowest BCUT2D eigenvalue weighted by Crippen LogP contribution is -2.12. The van der Waals surface area contributed by atoms with Crippen LogP contribution < -0.4 is 5.32 Å². The summed E-state index contributed by atoms with van der Waals surface area (Å²) in [7, 11) is 0. The molecule has 0 saturated carbocycles. The fourth-order valence-electron chi connectivity index (χ4n) is 0.998. The topological polar surface area (TPSA) is 58.6 Å². The van der Waals surface area contributed by atoms with Crippen molar-refractivity contribution in [1.29, 1.82) is 0 Å². The molecule has 6 heteroatoms. The van der Waals surface area contributed by atoms with E-state index in [1.165, 1.54) is 0 Å². The Morgan fingerprint density at radius 3 is 2.76 bits per heavy atom. The number of rotatable bonds is 6. The van der Waals surface area contributed by atoms with Gasteiger partial charge in [-0.1, -0.05) is 29.8 Å². The number of benzene rings is 1. The summed E-state index contributed by atoms with van der Waals surface area (Å²) in [5, 5.41) is 12.4. The quantitative estimate of drug-likeness (QED) is 0.476. The lowest BCUT2D eigenvalue weighted by molar-refractivity contribution is -0.133. The van der Waals surface area contributed by atoms with Gasteiger partial charge in [0.25, 0.3) is 0 Å². The summed E-state index contributed by atoms with van der Waals surface area (Å²) >= 11 is 11.6. The first-order valence-electron chi connectivity index (χ1n) is 4.68. The Bertz CT molecular complexity index is 435. The predicted molar refractivity (Wildman–Crippen MR) is 67.7 cm³/mol. The number of halogens is 2. The van der Waals surface area contributed by atoms with Gasteiger partial charge in [0.05, 0.1) is 22.9 Å².